The van der Waals surface area contributed by atoms with Crippen LogP contribution in [0.25, 0.3) is 65.9 Å². The Balaban J connectivity index is 1.24. The lowest BCUT2D eigenvalue weighted by atomic mass is 9.99. The zero-order valence-electron chi connectivity index (χ0n) is 25.7. The third-order valence-electron chi connectivity index (χ3n) is 8.63. The van der Waals surface area contributed by atoms with Gasteiger partial charge in [-0.05, 0) is 96.8 Å². The fraction of sp³-hybridized carbons (Fsp3) is 0.167. The van der Waals surface area contributed by atoms with E-state index < -0.39 is 0 Å². The van der Waals surface area contributed by atoms with Gasteiger partial charge in [-0.3, -0.25) is 19.6 Å². The molecule has 0 bridgehead atoms. The van der Waals surface area contributed by atoms with Crippen LogP contribution in [0.15, 0.2) is 84.9 Å². The fourth-order valence-electron chi connectivity index (χ4n) is 6.21. The molecule has 0 saturated carbocycles. The summed E-state index contributed by atoms with van der Waals surface area (Å²) in [6.07, 6.45) is 0. The molecule has 0 spiro atoms. The molecule has 9 nitrogen and oxygen atoms in total. The van der Waals surface area contributed by atoms with Crippen molar-refractivity contribution >= 4 is 55.4 Å². The number of amides is 2. The zero-order chi connectivity index (χ0) is 31.2. The first-order valence-electron chi connectivity index (χ1n) is 15.2. The molecule has 7 aromatic rings. The lowest BCUT2D eigenvalue weighted by Crippen LogP contribution is -2.40. The van der Waals surface area contributed by atoms with Crippen LogP contribution >= 0.6 is 0 Å². The maximum Gasteiger partial charge on any atom is 0.284 e. The number of benzene rings is 4. The molecule has 0 radical (unpaired) electrons. The lowest BCUT2D eigenvalue weighted by Gasteiger charge is -2.17. The van der Waals surface area contributed by atoms with Gasteiger partial charge in [0.1, 0.15) is 11.4 Å². The second-order valence-electron chi connectivity index (χ2n) is 11.2. The summed E-state index contributed by atoms with van der Waals surface area (Å²) in [5, 5.41) is 7.41. The topological polar surface area (TPSA) is 112 Å². The smallest absolute Gasteiger partial charge is 0.284 e. The van der Waals surface area contributed by atoms with Gasteiger partial charge in [-0.25, -0.2) is 10.9 Å². The minimum atomic E-state index is -0.0877. The van der Waals surface area contributed by atoms with Crippen LogP contribution in [0.4, 0.5) is 0 Å². The first-order chi connectivity index (χ1) is 21.9. The molecule has 0 aliphatic heterocycles. The number of aromatic amines is 3. The Hall–Kier alpha value is -5.38. The summed E-state index contributed by atoms with van der Waals surface area (Å²) >= 11 is 0. The molecule has 3 heterocycles. The first kappa shape index (κ1) is 28.4. The summed E-state index contributed by atoms with van der Waals surface area (Å²) in [4.78, 5) is 35.8. The summed E-state index contributed by atoms with van der Waals surface area (Å²) in [6, 6.07) is 29.3. The van der Waals surface area contributed by atoms with E-state index in [2.05, 4.69) is 86.5 Å². The molecule has 7 rings (SSSR count). The molecule has 0 aliphatic carbocycles. The van der Waals surface area contributed by atoms with E-state index in [0.29, 0.717) is 24.5 Å². The molecular weight excluding hydrogens is 562 g/mol. The van der Waals surface area contributed by atoms with Crippen molar-refractivity contribution in [2.75, 3.05) is 27.2 Å². The predicted molar refractivity (Wildman–Crippen MR) is 182 cm³/mol. The van der Waals surface area contributed by atoms with Gasteiger partial charge in [0.05, 0.1) is 0 Å². The van der Waals surface area contributed by atoms with E-state index in [0.717, 1.165) is 65.9 Å². The molecule has 226 valence electrons. The van der Waals surface area contributed by atoms with Crippen molar-refractivity contribution in [2.45, 2.75) is 13.8 Å². The molecule has 0 fully saturated rings. The summed E-state index contributed by atoms with van der Waals surface area (Å²) in [5.41, 5.74) is 15.3. The third-order valence-corrected chi connectivity index (χ3v) is 8.63. The minimum absolute atomic E-state index is 0.0877. The van der Waals surface area contributed by atoms with E-state index >= 15 is 0 Å². The number of nitrogens with zero attached hydrogens (tertiary/aromatic N) is 2. The zero-order valence-corrected chi connectivity index (χ0v) is 25.7. The van der Waals surface area contributed by atoms with Crippen LogP contribution in [-0.4, -0.2) is 64.0 Å². The SMILES string of the molecule is CCN(NC)C(=O)c1cc2cc(-c3ccc4[nH]c5ccc(-c6ccc7[nH]c(C(=O)N(CC)NC)cc7c6)cc5c4c3)ccc2[nH]1. The first-order valence-corrected chi connectivity index (χ1v) is 15.2. The Morgan fingerprint density at radius 3 is 1.29 bits per heavy atom. The molecule has 4 aromatic carbocycles. The van der Waals surface area contributed by atoms with Gasteiger partial charge >= 0.3 is 0 Å². The molecule has 0 atom stereocenters. The standard InChI is InChI=1S/C36H35N7O2/c1-5-42(37-3)35(44)33-19-25-15-21(7-11-29(25)39-33)23-9-13-31-27(17-23)28-18-24(10-14-32(28)41-31)22-8-12-30-26(16-22)20-34(40-30)36(45)43(6-2)38-4/h7-20,37-41H,5-6H2,1-4H3. The van der Waals surface area contributed by atoms with Crippen molar-refractivity contribution in [1.82, 2.24) is 35.8 Å². The van der Waals surface area contributed by atoms with Gasteiger partial charge < -0.3 is 15.0 Å². The highest BCUT2D eigenvalue weighted by atomic mass is 16.2. The molecule has 2 amide bonds. The average Bonchev–Trinajstić information content (AvgIpc) is 3.79. The number of carbonyl (C=O) groups excluding carboxylic acids is 2. The maximum atomic E-state index is 12.9. The van der Waals surface area contributed by atoms with Gasteiger partial charge in [0, 0.05) is 70.8 Å². The highest BCUT2D eigenvalue weighted by Crippen LogP contribution is 2.34. The Morgan fingerprint density at radius 1 is 0.533 bits per heavy atom. The van der Waals surface area contributed by atoms with Crippen LogP contribution in [0.2, 0.25) is 0 Å². The monoisotopic (exact) mass is 597 g/mol. The number of rotatable bonds is 8. The molecule has 0 aliphatic rings. The summed E-state index contributed by atoms with van der Waals surface area (Å²) in [7, 11) is 3.50. The van der Waals surface area contributed by atoms with E-state index in [1.54, 1.807) is 24.1 Å². The van der Waals surface area contributed by atoms with Crippen LogP contribution in [-0.2, 0) is 0 Å². The van der Waals surface area contributed by atoms with Crippen LogP contribution in [0.5, 0.6) is 0 Å². The van der Waals surface area contributed by atoms with Crippen molar-refractivity contribution in [2.24, 2.45) is 0 Å². The van der Waals surface area contributed by atoms with Crippen molar-refractivity contribution in [3.63, 3.8) is 0 Å². The number of hydrogen-bond acceptors (Lipinski definition) is 4. The Bertz CT molecular complexity index is 2070. The van der Waals surface area contributed by atoms with Crippen LogP contribution in [0.3, 0.4) is 0 Å². The largest absolute Gasteiger partial charge is 0.355 e. The van der Waals surface area contributed by atoms with Crippen LogP contribution in [0.1, 0.15) is 34.8 Å². The molecular formula is C36H35N7O2. The van der Waals surface area contributed by atoms with Crippen molar-refractivity contribution in [1.29, 1.82) is 0 Å². The molecule has 0 saturated heterocycles. The van der Waals surface area contributed by atoms with Gasteiger partial charge in [-0.2, -0.15) is 0 Å². The molecule has 0 unspecified atom stereocenters. The van der Waals surface area contributed by atoms with E-state index in [4.69, 9.17) is 0 Å². The molecule has 45 heavy (non-hydrogen) atoms. The number of fused-ring (bicyclic) bond motifs is 5. The summed E-state index contributed by atoms with van der Waals surface area (Å²) in [5.74, 6) is -0.175. The van der Waals surface area contributed by atoms with Gasteiger partial charge in [0.2, 0.25) is 0 Å². The molecule has 3 aromatic heterocycles. The van der Waals surface area contributed by atoms with Gasteiger partial charge in [0.25, 0.3) is 11.8 Å². The van der Waals surface area contributed by atoms with Crippen LogP contribution < -0.4 is 10.9 Å². The Labute approximate surface area is 260 Å². The fourth-order valence-corrected chi connectivity index (χ4v) is 6.21. The quantitative estimate of drug-likeness (QED) is 0.124. The van der Waals surface area contributed by atoms with Gasteiger partial charge in [-0.1, -0.05) is 24.3 Å². The maximum absolute atomic E-state index is 12.9. The second-order valence-corrected chi connectivity index (χ2v) is 11.2. The summed E-state index contributed by atoms with van der Waals surface area (Å²) in [6.45, 7) is 5.01. The average molecular weight is 598 g/mol. The number of nitrogens with one attached hydrogen (secondary N) is 5. The molecule has 5 N–H and O–H groups in total. The lowest BCUT2D eigenvalue weighted by molar-refractivity contribution is 0.0681. The van der Waals surface area contributed by atoms with E-state index in [1.165, 1.54) is 0 Å². The third kappa shape index (κ3) is 4.92. The van der Waals surface area contributed by atoms with Gasteiger partial charge in [-0.15, -0.1) is 0 Å². The van der Waals surface area contributed by atoms with Crippen molar-refractivity contribution < 1.29 is 9.59 Å². The normalized spacial score (nSPS) is 11.6. The predicted octanol–water partition coefficient (Wildman–Crippen LogP) is 6.81. The Morgan fingerprint density at radius 2 is 0.911 bits per heavy atom. The number of hydrazine groups is 2. The van der Waals surface area contributed by atoms with E-state index in [9.17, 15) is 9.59 Å². The number of carbonyl (C=O) groups is 2. The number of aromatic nitrogens is 3. The van der Waals surface area contributed by atoms with Crippen LogP contribution in [0, 0.1) is 0 Å². The number of hydrogen-bond donors (Lipinski definition) is 5. The highest BCUT2D eigenvalue weighted by Gasteiger charge is 2.17. The van der Waals surface area contributed by atoms with Crippen molar-refractivity contribution in [3.8, 4) is 22.3 Å². The molecule has 9 heteroatoms. The summed E-state index contributed by atoms with van der Waals surface area (Å²) < 4.78 is 0. The van der Waals surface area contributed by atoms with Crippen molar-refractivity contribution in [3.05, 3.63) is 96.3 Å². The Kier molecular flexibility index (Phi) is 7.12. The number of H-pyrrole nitrogens is 3. The highest BCUT2D eigenvalue weighted by molar-refractivity contribution is 6.10. The van der Waals surface area contributed by atoms with E-state index in [1.807, 2.05) is 38.1 Å². The van der Waals surface area contributed by atoms with Gasteiger partial charge in [0.15, 0.2) is 0 Å². The minimum Gasteiger partial charge on any atom is -0.355 e. The second kappa shape index (κ2) is 11.3. The van der Waals surface area contributed by atoms with E-state index in [-0.39, 0.29) is 11.8 Å².